The highest BCUT2D eigenvalue weighted by Crippen LogP contribution is 2.30. The first-order valence-corrected chi connectivity index (χ1v) is 7.79. The van der Waals surface area contributed by atoms with Gasteiger partial charge in [0.15, 0.2) is 0 Å². The average Bonchev–Trinajstić information content (AvgIpc) is 2.66. The van der Waals surface area contributed by atoms with E-state index in [0.29, 0.717) is 16.5 Å². The Kier molecular flexibility index (Phi) is 3.32. The molecule has 0 spiro atoms. The summed E-state index contributed by atoms with van der Waals surface area (Å²) in [5.41, 5.74) is 1.86. The lowest BCUT2D eigenvalue weighted by Crippen LogP contribution is -2.44. The number of hydrogen-bond acceptors (Lipinski definition) is 3. The number of nitrogens with zero attached hydrogens (tertiary/aromatic N) is 1. The van der Waals surface area contributed by atoms with Crippen LogP contribution in [0.4, 0.5) is 0 Å². The maximum atomic E-state index is 12.8. The van der Waals surface area contributed by atoms with Gasteiger partial charge in [0.25, 0.3) is 17.7 Å². The Balaban J connectivity index is 1.84. The van der Waals surface area contributed by atoms with Crippen molar-refractivity contribution in [3.8, 4) is 0 Å². The zero-order valence-electron chi connectivity index (χ0n) is 13.2. The van der Waals surface area contributed by atoms with E-state index in [1.807, 2.05) is 12.1 Å². The van der Waals surface area contributed by atoms with Crippen LogP contribution >= 0.6 is 0 Å². The van der Waals surface area contributed by atoms with Crippen LogP contribution in [0.5, 0.6) is 0 Å². The summed E-state index contributed by atoms with van der Waals surface area (Å²) >= 11 is 0. The third-order valence-corrected chi connectivity index (χ3v) is 4.37. The van der Waals surface area contributed by atoms with E-state index in [1.54, 1.807) is 54.6 Å². The zero-order chi connectivity index (χ0) is 17.6. The van der Waals surface area contributed by atoms with Gasteiger partial charge in [-0.2, -0.15) is 0 Å². The van der Waals surface area contributed by atoms with Crippen LogP contribution in [0, 0.1) is 0 Å². The maximum Gasteiger partial charge on any atom is 0.268 e. The quantitative estimate of drug-likeness (QED) is 0.670. The Morgan fingerprint density at radius 1 is 0.840 bits per heavy atom. The first kappa shape index (κ1) is 15.0. The number of carbonyl (C=O) groups excluding carboxylic acids is 3. The van der Waals surface area contributed by atoms with Crippen molar-refractivity contribution in [1.29, 1.82) is 0 Å². The van der Waals surface area contributed by atoms with Crippen molar-refractivity contribution in [3.63, 3.8) is 0 Å². The molecule has 1 aliphatic heterocycles. The molecule has 0 radical (unpaired) electrons. The second-order valence-electron chi connectivity index (χ2n) is 5.79. The Hall–Kier alpha value is -3.53. The number of benzene rings is 3. The third kappa shape index (κ3) is 2.19. The van der Waals surface area contributed by atoms with Crippen molar-refractivity contribution >= 4 is 34.6 Å². The van der Waals surface area contributed by atoms with Crippen LogP contribution in [-0.2, 0) is 0 Å². The molecule has 0 aromatic heterocycles. The van der Waals surface area contributed by atoms with Gasteiger partial charge < -0.3 is 0 Å². The fourth-order valence-electron chi connectivity index (χ4n) is 3.11. The summed E-state index contributed by atoms with van der Waals surface area (Å²) in [7, 11) is 0. The topological polar surface area (TPSA) is 54.5 Å². The monoisotopic (exact) mass is 327 g/mol. The summed E-state index contributed by atoms with van der Waals surface area (Å²) in [5, 5.41) is 1.41. The third-order valence-electron chi connectivity index (χ3n) is 4.37. The van der Waals surface area contributed by atoms with Crippen molar-refractivity contribution in [2.45, 2.75) is 0 Å². The summed E-state index contributed by atoms with van der Waals surface area (Å²) in [6.07, 6.45) is 1.66. The molecule has 0 bridgehead atoms. The molecule has 120 valence electrons. The van der Waals surface area contributed by atoms with Gasteiger partial charge in [-0.25, -0.2) is 4.90 Å². The average molecular weight is 327 g/mol. The zero-order valence-corrected chi connectivity index (χ0v) is 13.2. The van der Waals surface area contributed by atoms with Gasteiger partial charge in [0.2, 0.25) is 0 Å². The van der Waals surface area contributed by atoms with Gasteiger partial charge in [0.1, 0.15) is 0 Å². The van der Waals surface area contributed by atoms with Gasteiger partial charge >= 0.3 is 0 Å². The van der Waals surface area contributed by atoms with Crippen LogP contribution in [0.15, 0.2) is 67.2 Å². The molecule has 1 heterocycles. The van der Waals surface area contributed by atoms with Crippen molar-refractivity contribution in [2.75, 3.05) is 0 Å². The standard InChI is InChI=1S/C21H13NO3/c1-2-13-9-11-15(12-10-13)19(23)22-20(24)16-7-3-5-14-6-4-8-17(18(14)16)21(22)25/h2-12H,1H2. The van der Waals surface area contributed by atoms with E-state index >= 15 is 0 Å². The van der Waals surface area contributed by atoms with E-state index in [9.17, 15) is 14.4 Å². The highest BCUT2D eigenvalue weighted by atomic mass is 16.2. The molecule has 0 N–H and O–H groups in total. The van der Waals surface area contributed by atoms with Crippen LogP contribution in [0.2, 0.25) is 0 Å². The maximum absolute atomic E-state index is 12.8. The Morgan fingerprint density at radius 3 is 1.92 bits per heavy atom. The molecule has 0 aliphatic carbocycles. The van der Waals surface area contributed by atoms with E-state index in [4.69, 9.17) is 0 Å². The van der Waals surface area contributed by atoms with Gasteiger partial charge in [-0.15, -0.1) is 0 Å². The molecule has 1 aliphatic rings. The minimum Gasteiger partial charge on any atom is -0.268 e. The van der Waals surface area contributed by atoms with Crippen molar-refractivity contribution < 1.29 is 14.4 Å². The lowest BCUT2D eigenvalue weighted by molar-refractivity contribution is 0.0534. The van der Waals surface area contributed by atoms with E-state index in [1.165, 1.54) is 0 Å². The van der Waals surface area contributed by atoms with Crippen LogP contribution < -0.4 is 0 Å². The smallest absolute Gasteiger partial charge is 0.268 e. The number of carbonyl (C=O) groups is 3. The predicted molar refractivity (Wildman–Crippen MR) is 95.3 cm³/mol. The van der Waals surface area contributed by atoms with Crippen LogP contribution in [0.3, 0.4) is 0 Å². The first-order valence-electron chi connectivity index (χ1n) is 7.79. The highest BCUT2D eigenvalue weighted by Gasteiger charge is 2.37. The minimum atomic E-state index is -0.628. The molecule has 4 nitrogen and oxygen atoms in total. The van der Waals surface area contributed by atoms with Crippen molar-refractivity contribution in [1.82, 2.24) is 4.90 Å². The summed E-state index contributed by atoms with van der Waals surface area (Å²) in [5.74, 6) is -1.81. The lowest BCUT2D eigenvalue weighted by atomic mass is 9.93. The molecule has 0 fully saturated rings. The molecule has 0 unspecified atom stereocenters. The van der Waals surface area contributed by atoms with Gasteiger partial charge in [-0.05, 0) is 35.2 Å². The molecule has 3 amide bonds. The molecular formula is C21H13NO3. The summed E-state index contributed by atoms with van der Waals surface area (Å²) in [4.78, 5) is 39.2. The minimum absolute atomic E-state index is 0.277. The van der Waals surface area contributed by atoms with Gasteiger partial charge in [-0.1, -0.05) is 49.1 Å². The van der Waals surface area contributed by atoms with Crippen LogP contribution in [-0.4, -0.2) is 22.6 Å². The second kappa shape index (κ2) is 5.53. The lowest BCUT2D eigenvalue weighted by Gasteiger charge is -2.25. The molecular weight excluding hydrogens is 314 g/mol. The van der Waals surface area contributed by atoms with E-state index in [-0.39, 0.29) is 5.56 Å². The SMILES string of the molecule is C=Cc1ccc(C(=O)N2C(=O)c3cccc4cccc(c34)C2=O)cc1. The number of rotatable bonds is 2. The molecule has 4 heteroatoms. The van der Waals surface area contributed by atoms with Crippen LogP contribution in [0.25, 0.3) is 16.8 Å². The molecule has 4 rings (SSSR count). The fraction of sp³-hybridized carbons (Fsp3) is 0. The van der Waals surface area contributed by atoms with Gasteiger partial charge in [-0.3, -0.25) is 14.4 Å². The van der Waals surface area contributed by atoms with Crippen molar-refractivity contribution in [2.24, 2.45) is 0 Å². The number of imide groups is 3. The molecule has 3 aromatic rings. The Labute approximate surface area is 144 Å². The fourth-order valence-corrected chi connectivity index (χ4v) is 3.11. The van der Waals surface area contributed by atoms with Crippen molar-refractivity contribution in [3.05, 3.63) is 89.5 Å². The normalized spacial score (nSPS) is 13.2. The van der Waals surface area contributed by atoms with E-state index < -0.39 is 17.7 Å². The predicted octanol–water partition coefficient (Wildman–Crippen LogP) is 3.92. The number of amides is 3. The molecule has 0 saturated heterocycles. The van der Waals surface area contributed by atoms with Gasteiger partial charge in [0.05, 0.1) is 0 Å². The summed E-state index contributed by atoms with van der Waals surface area (Å²) < 4.78 is 0. The van der Waals surface area contributed by atoms with Crippen LogP contribution in [0.1, 0.15) is 36.6 Å². The molecule has 0 saturated carbocycles. The number of hydrogen-bond donors (Lipinski definition) is 0. The first-order chi connectivity index (χ1) is 12.1. The Bertz CT molecular complexity index is 1010. The summed E-state index contributed by atoms with van der Waals surface area (Å²) in [6, 6.07) is 17.1. The molecule has 25 heavy (non-hydrogen) atoms. The van der Waals surface area contributed by atoms with E-state index in [0.717, 1.165) is 15.8 Å². The second-order valence-corrected chi connectivity index (χ2v) is 5.79. The Morgan fingerprint density at radius 2 is 1.40 bits per heavy atom. The molecule has 0 atom stereocenters. The highest BCUT2D eigenvalue weighted by molar-refractivity contribution is 6.32. The summed E-state index contributed by atoms with van der Waals surface area (Å²) in [6.45, 7) is 3.66. The van der Waals surface area contributed by atoms with Gasteiger partial charge in [0, 0.05) is 22.1 Å². The van der Waals surface area contributed by atoms with E-state index in [2.05, 4.69) is 6.58 Å². The largest absolute Gasteiger partial charge is 0.268 e. The molecule has 3 aromatic carbocycles.